The summed E-state index contributed by atoms with van der Waals surface area (Å²) < 4.78 is 27.6. The van der Waals surface area contributed by atoms with Crippen LogP contribution in [0.3, 0.4) is 0 Å². The topological polar surface area (TPSA) is 105 Å². The molecule has 2 fully saturated rings. The van der Waals surface area contributed by atoms with Crippen LogP contribution in [0.2, 0.25) is 0 Å². The SMILES string of the molecule is CNCC1CCN(S(=O)(=O)C[C@H]2CC[C@H](N(C)c3c(C#N)cnc4[nH]ccc34)CC2)C1. The highest BCUT2D eigenvalue weighted by Crippen LogP contribution is 2.35. The van der Waals surface area contributed by atoms with Crippen molar-refractivity contribution in [2.24, 2.45) is 11.8 Å². The summed E-state index contributed by atoms with van der Waals surface area (Å²) in [4.78, 5) is 9.64. The number of nitrogens with one attached hydrogen (secondary N) is 2. The summed E-state index contributed by atoms with van der Waals surface area (Å²) in [5.74, 6) is 0.887. The highest BCUT2D eigenvalue weighted by Gasteiger charge is 2.34. The van der Waals surface area contributed by atoms with E-state index in [1.54, 1.807) is 10.5 Å². The van der Waals surface area contributed by atoms with Gasteiger partial charge in [-0.3, -0.25) is 0 Å². The van der Waals surface area contributed by atoms with Crippen LogP contribution in [0, 0.1) is 23.2 Å². The van der Waals surface area contributed by atoms with E-state index >= 15 is 0 Å². The zero-order chi connectivity index (χ0) is 22.0. The molecule has 0 bridgehead atoms. The lowest BCUT2D eigenvalue weighted by atomic mass is 9.86. The van der Waals surface area contributed by atoms with Gasteiger partial charge < -0.3 is 15.2 Å². The Morgan fingerprint density at radius 3 is 2.77 bits per heavy atom. The molecule has 9 heteroatoms. The van der Waals surface area contributed by atoms with Crippen LogP contribution in [-0.2, 0) is 10.0 Å². The van der Waals surface area contributed by atoms with Crippen molar-refractivity contribution in [2.75, 3.05) is 44.4 Å². The van der Waals surface area contributed by atoms with Crippen LogP contribution in [0.1, 0.15) is 37.7 Å². The second-order valence-corrected chi connectivity index (χ2v) is 11.0. The summed E-state index contributed by atoms with van der Waals surface area (Å²) >= 11 is 0. The molecule has 168 valence electrons. The molecule has 0 radical (unpaired) electrons. The molecule has 1 saturated carbocycles. The molecular weight excluding hydrogens is 412 g/mol. The Balaban J connectivity index is 1.38. The van der Waals surface area contributed by atoms with Crippen LogP contribution >= 0.6 is 0 Å². The van der Waals surface area contributed by atoms with E-state index in [0.29, 0.717) is 30.6 Å². The van der Waals surface area contributed by atoms with Crippen molar-refractivity contribution >= 4 is 26.7 Å². The number of hydrogen-bond acceptors (Lipinski definition) is 6. The van der Waals surface area contributed by atoms with E-state index in [1.807, 2.05) is 26.4 Å². The number of nitrogens with zero attached hydrogens (tertiary/aromatic N) is 4. The van der Waals surface area contributed by atoms with Crippen LogP contribution in [0.5, 0.6) is 0 Å². The molecule has 8 nitrogen and oxygen atoms in total. The summed E-state index contributed by atoms with van der Waals surface area (Å²) in [6, 6.07) is 4.53. The largest absolute Gasteiger partial charge is 0.370 e. The Morgan fingerprint density at radius 1 is 1.29 bits per heavy atom. The Bertz CT molecular complexity index is 1050. The van der Waals surface area contributed by atoms with Gasteiger partial charge in [0.1, 0.15) is 11.7 Å². The van der Waals surface area contributed by atoms with Gasteiger partial charge in [-0.2, -0.15) is 5.26 Å². The van der Waals surface area contributed by atoms with Gasteiger partial charge in [0.25, 0.3) is 0 Å². The van der Waals surface area contributed by atoms with Crippen LogP contribution in [0.15, 0.2) is 18.5 Å². The van der Waals surface area contributed by atoms with Crippen molar-refractivity contribution < 1.29 is 8.42 Å². The molecule has 2 aliphatic rings. The van der Waals surface area contributed by atoms with Crippen molar-refractivity contribution in [3.63, 3.8) is 0 Å². The summed E-state index contributed by atoms with van der Waals surface area (Å²) in [5.41, 5.74) is 2.27. The molecule has 2 N–H and O–H groups in total. The first kappa shape index (κ1) is 22.1. The van der Waals surface area contributed by atoms with Gasteiger partial charge in [-0.25, -0.2) is 17.7 Å². The number of aromatic amines is 1. The zero-order valence-corrected chi connectivity index (χ0v) is 19.2. The number of anilines is 1. The maximum atomic E-state index is 12.9. The fourth-order valence-corrected chi connectivity index (χ4v) is 7.21. The van der Waals surface area contributed by atoms with Gasteiger partial charge in [0.2, 0.25) is 10.0 Å². The van der Waals surface area contributed by atoms with Gasteiger partial charge >= 0.3 is 0 Å². The fraction of sp³-hybridized carbons (Fsp3) is 0.636. The first-order valence-electron chi connectivity index (χ1n) is 11.1. The zero-order valence-electron chi connectivity index (χ0n) is 18.3. The van der Waals surface area contributed by atoms with Crippen LogP contribution < -0.4 is 10.2 Å². The molecule has 4 rings (SSSR count). The molecule has 1 saturated heterocycles. The Morgan fingerprint density at radius 2 is 2.06 bits per heavy atom. The highest BCUT2D eigenvalue weighted by molar-refractivity contribution is 7.89. The average molecular weight is 445 g/mol. The second-order valence-electron chi connectivity index (χ2n) is 9.01. The van der Waals surface area contributed by atoms with E-state index < -0.39 is 10.0 Å². The summed E-state index contributed by atoms with van der Waals surface area (Å²) in [6.07, 6.45) is 8.06. The van der Waals surface area contributed by atoms with E-state index in [1.165, 1.54) is 0 Å². The van der Waals surface area contributed by atoms with Gasteiger partial charge in [0.05, 0.1) is 17.0 Å². The Labute approximate surface area is 184 Å². The van der Waals surface area contributed by atoms with Crippen LogP contribution in [-0.4, -0.2) is 68.2 Å². The summed E-state index contributed by atoms with van der Waals surface area (Å²) in [5, 5.41) is 13.7. The predicted octanol–water partition coefficient (Wildman–Crippen LogP) is 2.30. The molecular formula is C22H32N6O2S. The molecule has 0 aromatic carbocycles. The molecule has 3 heterocycles. The van der Waals surface area contributed by atoms with Crippen molar-refractivity contribution in [2.45, 2.75) is 38.1 Å². The number of fused-ring (bicyclic) bond motifs is 1. The Kier molecular flexibility index (Phi) is 6.51. The van der Waals surface area contributed by atoms with E-state index in [9.17, 15) is 13.7 Å². The summed E-state index contributed by atoms with van der Waals surface area (Å²) in [6.45, 7) is 2.17. The van der Waals surface area contributed by atoms with Crippen LogP contribution in [0.4, 0.5) is 5.69 Å². The second kappa shape index (κ2) is 9.15. The molecule has 1 aliphatic carbocycles. The van der Waals surface area contributed by atoms with Gasteiger partial charge in [-0.15, -0.1) is 0 Å². The third-order valence-corrected chi connectivity index (χ3v) is 8.99. The molecule has 31 heavy (non-hydrogen) atoms. The van der Waals surface area contributed by atoms with Gasteiger partial charge in [-0.05, 0) is 63.6 Å². The van der Waals surface area contributed by atoms with Crippen molar-refractivity contribution in [3.05, 3.63) is 24.0 Å². The van der Waals surface area contributed by atoms with Crippen molar-refractivity contribution in [1.29, 1.82) is 5.26 Å². The van der Waals surface area contributed by atoms with Gasteiger partial charge in [0.15, 0.2) is 0 Å². The quantitative estimate of drug-likeness (QED) is 0.679. The predicted molar refractivity (Wildman–Crippen MR) is 122 cm³/mol. The fourth-order valence-electron chi connectivity index (χ4n) is 5.25. The number of sulfonamides is 1. The first-order valence-corrected chi connectivity index (χ1v) is 12.7. The molecule has 2 aromatic heterocycles. The Hall–Kier alpha value is -2.15. The van der Waals surface area contributed by atoms with E-state index in [4.69, 9.17) is 0 Å². The molecule has 1 aliphatic heterocycles. The number of pyridine rings is 1. The van der Waals surface area contributed by atoms with Crippen molar-refractivity contribution in [1.82, 2.24) is 19.6 Å². The van der Waals surface area contributed by atoms with E-state index in [0.717, 1.165) is 55.4 Å². The molecule has 1 unspecified atom stereocenters. The number of rotatable bonds is 7. The lowest BCUT2D eigenvalue weighted by Crippen LogP contribution is -2.39. The van der Waals surface area contributed by atoms with Gasteiger partial charge in [0, 0.05) is 44.0 Å². The molecule has 1 atom stereocenters. The maximum absolute atomic E-state index is 12.9. The highest BCUT2D eigenvalue weighted by atomic mass is 32.2. The lowest BCUT2D eigenvalue weighted by Gasteiger charge is -2.36. The number of nitriles is 1. The number of H-pyrrole nitrogens is 1. The molecule has 0 spiro atoms. The number of hydrogen-bond donors (Lipinski definition) is 2. The third-order valence-electron chi connectivity index (χ3n) is 6.98. The minimum absolute atomic E-state index is 0.207. The van der Waals surface area contributed by atoms with Gasteiger partial charge in [-0.1, -0.05) is 0 Å². The minimum atomic E-state index is -3.20. The van der Waals surface area contributed by atoms with E-state index in [2.05, 4.69) is 26.3 Å². The third kappa shape index (κ3) is 4.56. The number of aromatic nitrogens is 2. The maximum Gasteiger partial charge on any atom is 0.214 e. The standard InChI is InChI=1S/C22H32N6O2S/c1-24-12-17-8-10-28(14-17)31(29,30)15-16-3-5-19(6-4-16)27(2)21-18(11-23)13-26-22-20(21)7-9-25-22/h7,9,13,16-17,19,24H,3-6,8,10,12,14-15H2,1-2H3,(H,25,26)/t16-,17?,19-. The van der Waals surface area contributed by atoms with E-state index in [-0.39, 0.29) is 11.7 Å². The minimum Gasteiger partial charge on any atom is -0.370 e. The first-order chi connectivity index (χ1) is 14.9. The molecule has 0 amide bonds. The van der Waals surface area contributed by atoms with Crippen LogP contribution in [0.25, 0.3) is 11.0 Å². The normalized spacial score (nSPS) is 25.0. The molecule has 2 aromatic rings. The summed E-state index contributed by atoms with van der Waals surface area (Å²) in [7, 11) is 0.758. The van der Waals surface area contributed by atoms with Crippen molar-refractivity contribution in [3.8, 4) is 6.07 Å². The monoisotopic (exact) mass is 444 g/mol. The smallest absolute Gasteiger partial charge is 0.214 e. The lowest BCUT2D eigenvalue weighted by molar-refractivity contribution is 0.336. The average Bonchev–Trinajstić information content (AvgIpc) is 3.43.